The maximum Gasteiger partial charge on any atom is 0.317 e. The van der Waals surface area contributed by atoms with Crippen molar-refractivity contribution in [1.82, 2.24) is 10.2 Å². The molecule has 0 saturated carbocycles. The smallest absolute Gasteiger partial charge is 0.317 e. The molecule has 0 aromatic rings. The van der Waals surface area contributed by atoms with Crippen LogP contribution in [0.2, 0.25) is 0 Å². The second kappa shape index (κ2) is 10.5. The van der Waals surface area contributed by atoms with E-state index in [-0.39, 0.29) is 24.5 Å². The topological polar surface area (TPSA) is 78.9 Å². The van der Waals surface area contributed by atoms with E-state index < -0.39 is 5.97 Å². The summed E-state index contributed by atoms with van der Waals surface area (Å²) in [5.74, 6) is -0.893. The zero-order valence-corrected chi connectivity index (χ0v) is 13.0. The molecule has 0 spiro atoms. The van der Waals surface area contributed by atoms with Gasteiger partial charge in [-0.3, -0.25) is 4.79 Å². The number of hydrogen-bond acceptors (Lipinski definition) is 3. The molecule has 6 heteroatoms. The summed E-state index contributed by atoms with van der Waals surface area (Å²) < 4.78 is 5.02. The Morgan fingerprint density at radius 2 is 2.00 bits per heavy atom. The first-order valence-corrected chi connectivity index (χ1v) is 7.24. The standard InChI is InChI=1S/C14H28N2O4/c1-5-7-12(10-13(17)18)15-14(19)16(8-9-20-4)11(3)6-2/h11-12H,5-10H2,1-4H3,(H,15,19)(H,17,18). The third-order valence-corrected chi connectivity index (χ3v) is 3.31. The van der Waals surface area contributed by atoms with E-state index in [0.717, 1.165) is 12.8 Å². The molecule has 20 heavy (non-hydrogen) atoms. The molecule has 2 N–H and O–H groups in total. The van der Waals surface area contributed by atoms with Crippen LogP contribution in [-0.4, -0.2) is 54.4 Å². The van der Waals surface area contributed by atoms with Gasteiger partial charge in [-0.15, -0.1) is 0 Å². The molecule has 118 valence electrons. The van der Waals surface area contributed by atoms with Gasteiger partial charge in [0.1, 0.15) is 0 Å². The molecule has 0 aromatic heterocycles. The van der Waals surface area contributed by atoms with Crippen molar-refractivity contribution in [3.63, 3.8) is 0 Å². The fraction of sp³-hybridized carbons (Fsp3) is 0.857. The summed E-state index contributed by atoms with van der Waals surface area (Å²) in [5, 5.41) is 11.7. The number of methoxy groups -OCH3 is 1. The highest BCUT2D eigenvalue weighted by Crippen LogP contribution is 2.07. The van der Waals surface area contributed by atoms with Crippen LogP contribution in [0.15, 0.2) is 0 Å². The number of nitrogens with zero attached hydrogens (tertiary/aromatic N) is 1. The molecule has 2 amide bonds. The van der Waals surface area contributed by atoms with E-state index in [4.69, 9.17) is 9.84 Å². The number of carboxylic acid groups (broad SMARTS) is 1. The average Bonchev–Trinajstić information content (AvgIpc) is 2.38. The number of rotatable bonds is 10. The fourth-order valence-corrected chi connectivity index (χ4v) is 1.97. The van der Waals surface area contributed by atoms with E-state index in [1.807, 2.05) is 20.8 Å². The molecular weight excluding hydrogens is 260 g/mol. The summed E-state index contributed by atoms with van der Waals surface area (Å²) >= 11 is 0. The molecule has 0 aromatic carbocycles. The van der Waals surface area contributed by atoms with Gasteiger partial charge in [-0.1, -0.05) is 20.3 Å². The second-order valence-electron chi connectivity index (χ2n) is 4.98. The van der Waals surface area contributed by atoms with Gasteiger partial charge in [-0.2, -0.15) is 0 Å². The van der Waals surface area contributed by atoms with Crippen molar-refractivity contribution in [1.29, 1.82) is 0 Å². The van der Waals surface area contributed by atoms with E-state index >= 15 is 0 Å². The van der Waals surface area contributed by atoms with Crippen LogP contribution in [0.4, 0.5) is 4.79 Å². The first kappa shape index (κ1) is 18.7. The summed E-state index contributed by atoms with van der Waals surface area (Å²) in [6.45, 7) is 6.93. The average molecular weight is 288 g/mol. The molecule has 2 atom stereocenters. The maximum atomic E-state index is 12.3. The lowest BCUT2D eigenvalue weighted by Gasteiger charge is -2.30. The molecule has 0 saturated heterocycles. The third-order valence-electron chi connectivity index (χ3n) is 3.31. The molecule has 0 heterocycles. The van der Waals surface area contributed by atoms with E-state index in [9.17, 15) is 9.59 Å². The normalized spacial score (nSPS) is 13.6. The van der Waals surface area contributed by atoms with Crippen molar-refractivity contribution in [3.8, 4) is 0 Å². The highest BCUT2D eigenvalue weighted by molar-refractivity contribution is 5.76. The minimum atomic E-state index is -0.893. The van der Waals surface area contributed by atoms with Gasteiger partial charge >= 0.3 is 12.0 Å². The second-order valence-corrected chi connectivity index (χ2v) is 4.98. The van der Waals surface area contributed by atoms with Crippen molar-refractivity contribution in [2.75, 3.05) is 20.3 Å². The van der Waals surface area contributed by atoms with Gasteiger partial charge in [-0.25, -0.2) is 4.79 Å². The first-order chi connectivity index (χ1) is 9.46. The first-order valence-electron chi connectivity index (χ1n) is 7.24. The third kappa shape index (κ3) is 7.33. The van der Waals surface area contributed by atoms with Crippen LogP contribution in [0.25, 0.3) is 0 Å². The lowest BCUT2D eigenvalue weighted by molar-refractivity contribution is -0.137. The summed E-state index contributed by atoms with van der Waals surface area (Å²) in [6, 6.07) is -0.438. The van der Waals surface area contributed by atoms with Crippen LogP contribution < -0.4 is 5.32 Å². The Bertz CT molecular complexity index is 297. The van der Waals surface area contributed by atoms with Crippen LogP contribution in [0.1, 0.15) is 46.5 Å². The van der Waals surface area contributed by atoms with Gasteiger partial charge in [0.15, 0.2) is 0 Å². The Kier molecular flexibility index (Phi) is 9.80. The largest absolute Gasteiger partial charge is 0.481 e. The zero-order chi connectivity index (χ0) is 15.5. The lowest BCUT2D eigenvalue weighted by Crippen LogP contribution is -2.49. The van der Waals surface area contributed by atoms with Gasteiger partial charge < -0.3 is 20.1 Å². The summed E-state index contributed by atoms with van der Waals surface area (Å²) in [5.41, 5.74) is 0. The number of aliphatic carboxylic acids is 1. The molecule has 2 unspecified atom stereocenters. The lowest BCUT2D eigenvalue weighted by atomic mass is 10.1. The summed E-state index contributed by atoms with van der Waals surface area (Å²) in [4.78, 5) is 24.8. The van der Waals surface area contributed by atoms with Gasteiger partial charge in [0.05, 0.1) is 13.0 Å². The number of carbonyl (C=O) groups is 2. The number of urea groups is 1. The number of amides is 2. The molecule has 0 fully saturated rings. The molecule has 0 aliphatic heterocycles. The number of carboxylic acids is 1. The predicted octanol–water partition coefficient (Wildman–Crippen LogP) is 2.09. The SMILES string of the molecule is CCCC(CC(=O)O)NC(=O)N(CCOC)C(C)CC. The Hall–Kier alpha value is -1.30. The van der Waals surface area contributed by atoms with Gasteiger partial charge in [-0.05, 0) is 19.8 Å². The van der Waals surface area contributed by atoms with Gasteiger partial charge in [0, 0.05) is 25.7 Å². The molecule has 0 bridgehead atoms. The number of ether oxygens (including phenoxy) is 1. The molecule has 0 radical (unpaired) electrons. The summed E-state index contributed by atoms with van der Waals surface area (Å²) in [7, 11) is 1.59. The van der Waals surface area contributed by atoms with E-state index in [2.05, 4.69) is 5.32 Å². The van der Waals surface area contributed by atoms with Gasteiger partial charge in [0.2, 0.25) is 0 Å². The Balaban J connectivity index is 4.63. The van der Waals surface area contributed by atoms with Crippen molar-refractivity contribution < 1.29 is 19.4 Å². The molecule has 0 aliphatic rings. The van der Waals surface area contributed by atoms with Crippen LogP contribution >= 0.6 is 0 Å². The predicted molar refractivity (Wildman–Crippen MR) is 77.8 cm³/mol. The summed E-state index contributed by atoms with van der Waals surface area (Å²) in [6.07, 6.45) is 2.29. The van der Waals surface area contributed by atoms with Crippen molar-refractivity contribution >= 4 is 12.0 Å². The number of carbonyl (C=O) groups excluding carboxylic acids is 1. The van der Waals surface area contributed by atoms with Crippen LogP contribution in [0.3, 0.4) is 0 Å². The van der Waals surface area contributed by atoms with Crippen LogP contribution in [0, 0.1) is 0 Å². The van der Waals surface area contributed by atoms with Crippen molar-refractivity contribution in [2.24, 2.45) is 0 Å². The van der Waals surface area contributed by atoms with E-state index in [1.165, 1.54) is 0 Å². The number of hydrogen-bond donors (Lipinski definition) is 2. The highest BCUT2D eigenvalue weighted by Gasteiger charge is 2.22. The van der Waals surface area contributed by atoms with Gasteiger partial charge in [0.25, 0.3) is 0 Å². The van der Waals surface area contributed by atoms with Crippen molar-refractivity contribution in [2.45, 2.75) is 58.5 Å². The molecule has 0 aliphatic carbocycles. The Morgan fingerprint density at radius 1 is 1.35 bits per heavy atom. The Morgan fingerprint density at radius 3 is 2.45 bits per heavy atom. The van der Waals surface area contributed by atoms with E-state index in [1.54, 1.807) is 12.0 Å². The van der Waals surface area contributed by atoms with Crippen LogP contribution in [-0.2, 0) is 9.53 Å². The van der Waals surface area contributed by atoms with Crippen LogP contribution in [0.5, 0.6) is 0 Å². The zero-order valence-electron chi connectivity index (χ0n) is 13.0. The highest BCUT2D eigenvalue weighted by atomic mass is 16.5. The van der Waals surface area contributed by atoms with E-state index in [0.29, 0.717) is 19.6 Å². The fourth-order valence-electron chi connectivity index (χ4n) is 1.97. The minimum absolute atomic E-state index is 0.0434. The molecular formula is C14H28N2O4. The van der Waals surface area contributed by atoms with Crippen molar-refractivity contribution in [3.05, 3.63) is 0 Å². The molecule has 0 rings (SSSR count). The quantitative estimate of drug-likeness (QED) is 0.645. The Labute approximate surface area is 121 Å². The number of nitrogens with one attached hydrogen (secondary N) is 1. The monoisotopic (exact) mass is 288 g/mol. The maximum absolute atomic E-state index is 12.3. The minimum Gasteiger partial charge on any atom is -0.481 e. The molecule has 6 nitrogen and oxygen atoms in total.